The predicted molar refractivity (Wildman–Crippen MR) is 84.0 cm³/mol. The smallest absolute Gasteiger partial charge is 0.249 e. The van der Waals surface area contributed by atoms with Crippen LogP contribution in [-0.4, -0.2) is 15.2 Å². The molecule has 0 aliphatic carbocycles. The van der Waals surface area contributed by atoms with Gasteiger partial charge in [0.15, 0.2) is 5.82 Å². The number of nitrogens with zero attached hydrogens (tertiary/aromatic N) is 3. The van der Waals surface area contributed by atoms with Crippen LogP contribution in [0.2, 0.25) is 0 Å². The van der Waals surface area contributed by atoms with Crippen LogP contribution < -0.4 is 10.6 Å². The Bertz CT molecular complexity index is 773. The van der Waals surface area contributed by atoms with E-state index in [9.17, 15) is 4.39 Å². The van der Waals surface area contributed by atoms with Gasteiger partial charge in [-0.25, -0.2) is 4.39 Å². The highest BCUT2D eigenvalue weighted by molar-refractivity contribution is 5.58. The van der Waals surface area contributed by atoms with Crippen LogP contribution in [0.15, 0.2) is 54.7 Å². The van der Waals surface area contributed by atoms with Crippen LogP contribution in [0.4, 0.5) is 27.5 Å². The van der Waals surface area contributed by atoms with Crippen LogP contribution in [0.1, 0.15) is 5.56 Å². The molecule has 1 heterocycles. The van der Waals surface area contributed by atoms with Gasteiger partial charge in [0.1, 0.15) is 5.82 Å². The van der Waals surface area contributed by atoms with E-state index in [0.717, 1.165) is 5.69 Å². The number of aryl methyl sites for hydroxylation is 1. The van der Waals surface area contributed by atoms with E-state index in [0.29, 0.717) is 17.5 Å². The normalized spacial score (nSPS) is 10.3. The van der Waals surface area contributed by atoms with Crippen molar-refractivity contribution in [3.8, 4) is 0 Å². The molecule has 5 nitrogen and oxygen atoms in total. The lowest BCUT2D eigenvalue weighted by atomic mass is 10.2. The van der Waals surface area contributed by atoms with Gasteiger partial charge in [-0.3, -0.25) is 0 Å². The molecule has 3 aromatic rings. The minimum Gasteiger partial charge on any atom is -0.339 e. The van der Waals surface area contributed by atoms with E-state index in [4.69, 9.17) is 0 Å². The molecule has 6 heteroatoms. The average molecular weight is 295 g/mol. The maximum absolute atomic E-state index is 13.2. The number of hydrogen-bond donors (Lipinski definition) is 2. The van der Waals surface area contributed by atoms with Gasteiger partial charge in [-0.05, 0) is 37.3 Å². The van der Waals surface area contributed by atoms with Crippen molar-refractivity contribution in [3.63, 3.8) is 0 Å². The highest BCUT2D eigenvalue weighted by Crippen LogP contribution is 2.17. The highest BCUT2D eigenvalue weighted by atomic mass is 19.1. The van der Waals surface area contributed by atoms with Crippen molar-refractivity contribution in [2.75, 3.05) is 10.6 Å². The number of aromatic nitrogens is 3. The molecule has 0 aliphatic heterocycles. The van der Waals surface area contributed by atoms with E-state index in [-0.39, 0.29) is 5.82 Å². The van der Waals surface area contributed by atoms with Gasteiger partial charge in [-0.2, -0.15) is 10.1 Å². The molecule has 2 aromatic carbocycles. The second-order valence-electron chi connectivity index (χ2n) is 4.79. The quantitative estimate of drug-likeness (QED) is 0.766. The number of nitrogens with one attached hydrogen (secondary N) is 2. The minimum atomic E-state index is -0.315. The van der Waals surface area contributed by atoms with Gasteiger partial charge < -0.3 is 10.6 Å². The first-order valence-corrected chi connectivity index (χ1v) is 6.75. The summed E-state index contributed by atoms with van der Waals surface area (Å²) in [5.41, 5.74) is 2.64. The van der Waals surface area contributed by atoms with Crippen LogP contribution in [-0.2, 0) is 0 Å². The molecule has 3 rings (SSSR count). The Balaban J connectivity index is 1.76. The van der Waals surface area contributed by atoms with Crippen molar-refractivity contribution in [3.05, 3.63) is 66.1 Å². The van der Waals surface area contributed by atoms with Gasteiger partial charge in [0, 0.05) is 11.4 Å². The first-order chi connectivity index (χ1) is 10.7. The topological polar surface area (TPSA) is 62.7 Å². The maximum Gasteiger partial charge on any atom is 0.249 e. The lowest BCUT2D eigenvalue weighted by Gasteiger charge is -2.08. The molecule has 0 radical (unpaired) electrons. The third-order valence-corrected chi connectivity index (χ3v) is 2.96. The van der Waals surface area contributed by atoms with Gasteiger partial charge in [0.05, 0.1) is 6.20 Å². The summed E-state index contributed by atoms with van der Waals surface area (Å²) in [6, 6.07) is 14.0. The molecule has 0 atom stereocenters. The summed E-state index contributed by atoms with van der Waals surface area (Å²) in [7, 11) is 0. The third kappa shape index (κ3) is 3.54. The standard InChI is InChI=1S/C16H14FN5/c1-11-5-7-13(8-6-11)20-16-21-15(10-18-22-16)19-14-4-2-3-12(17)9-14/h2-10H,1H3,(H2,19,20,21,22). The van der Waals surface area contributed by atoms with E-state index < -0.39 is 0 Å². The van der Waals surface area contributed by atoms with Crippen molar-refractivity contribution in [1.82, 2.24) is 15.2 Å². The SMILES string of the molecule is Cc1ccc(Nc2nncc(Nc3cccc(F)c3)n2)cc1. The van der Waals surface area contributed by atoms with Crippen molar-refractivity contribution in [2.24, 2.45) is 0 Å². The zero-order valence-electron chi connectivity index (χ0n) is 11.9. The molecule has 0 spiro atoms. The molecular formula is C16H14FN5. The summed E-state index contributed by atoms with van der Waals surface area (Å²) >= 11 is 0. The molecule has 0 amide bonds. The lowest BCUT2D eigenvalue weighted by molar-refractivity contribution is 0.628. The Morgan fingerprint density at radius 2 is 1.77 bits per heavy atom. The Kier molecular flexibility index (Phi) is 3.91. The van der Waals surface area contributed by atoms with Crippen molar-refractivity contribution in [1.29, 1.82) is 0 Å². The second-order valence-corrected chi connectivity index (χ2v) is 4.79. The van der Waals surface area contributed by atoms with Gasteiger partial charge in [0.2, 0.25) is 5.95 Å². The molecule has 110 valence electrons. The Morgan fingerprint density at radius 3 is 2.55 bits per heavy atom. The zero-order chi connectivity index (χ0) is 15.4. The Hall–Kier alpha value is -3.02. The highest BCUT2D eigenvalue weighted by Gasteiger charge is 2.02. The molecule has 0 saturated carbocycles. The summed E-state index contributed by atoms with van der Waals surface area (Å²) < 4.78 is 13.2. The molecular weight excluding hydrogens is 281 g/mol. The van der Waals surface area contributed by atoms with E-state index in [1.807, 2.05) is 31.2 Å². The predicted octanol–water partition coefficient (Wildman–Crippen LogP) is 3.81. The van der Waals surface area contributed by atoms with E-state index in [2.05, 4.69) is 25.8 Å². The van der Waals surface area contributed by atoms with Crippen LogP contribution in [0.3, 0.4) is 0 Å². The summed E-state index contributed by atoms with van der Waals surface area (Å²) in [5.74, 6) is 0.533. The van der Waals surface area contributed by atoms with E-state index in [1.165, 1.54) is 23.9 Å². The fourth-order valence-electron chi connectivity index (χ4n) is 1.90. The average Bonchev–Trinajstić information content (AvgIpc) is 2.50. The number of benzene rings is 2. The van der Waals surface area contributed by atoms with Gasteiger partial charge in [-0.15, -0.1) is 5.10 Å². The lowest BCUT2D eigenvalue weighted by Crippen LogP contribution is -2.02. The third-order valence-electron chi connectivity index (χ3n) is 2.96. The van der Waals surface area contributed by atoms with Crippen LogP contribution >= 0.6 is 0 Å². The maximum atomic E-state index is 13.2. The van der Waals surface area contributed by atoms with Crippen LogP contribution in [0, 0.1) is 12.7 Å². The summed E-state index contributed by atoms with van der Waals surface area (Å²) in [6.07, 6.45) is 1.48. The van der Waals surface area contributed by atoms with Crippen molar-refractivity contribution >= 4 is 23.1 Å². The van der Waals surface area contributed by atoms with Crippen LogP contribution in [0.5, 0.6) is 0 Å². The van der Waals surface area contributed by atoms with E-state index in [1.54, 1.807) is 12.1 Å². The molecule has 0 bridgehead atoms. The minimum absolute atomic E-state index is 0.315. The molecule has 0 aliphatic rings. The summed E-state index contributed by atoms with van der Waals surface area (Å²) in [6.45, 7) is 2.02. The molecule has 0 saturated heterocycles. The largest absolute Gasteiger partial charge is 0.339 e. The monoisotopic (exact) mass is 295 g/mol. The van der Waals surface area contributed by atoms with E-state index >= 15 is 0 Å². The fraction of sp³-hybridized carbons (Fsp3) is 0.0625. The van der Waals surface area contributed by atoms with Crippen LogP contribution in [0.25, 0.3) is 0 Å². The first kappa shape index (κ1) is 13.9. The fourth-order valence-corrected chi connectivity index (χ4v) is 1.90. The molecule has 1 aromatic heterocycles. The first-order valence-electron chi connectivity index (χ1n) is 6.75. The second kappa shape index (κ2) is 6.17. The van der Waals surface area contributed by atoms with Crippen molar-refractivity contribution < 1.29 is 4.39 Å². The number of rotatable bonds is 4. The van der Waals surface area contributed by atoms with Gasteiger partial charge in [0.25, 0.3) is 0 Å². The van der Waals surface area contributed by atoms with Gasteiger partial charge >= 0.3 is 0 Å². The number of anilines is 4. The Morgan fingerprint density at radius 1 is 0.955 bits per heavy atom. The van der Waals surface area contributed by atoms with Gasteiger partial charge in [-0.1, -0.05) is 23.8 Å². The molecule has 22 heavy (non-hydrogen) atoms. The molecule has 0 unspecified atom stereocenters. The summed E-state index contributed by atoms with van der Waals surface area (Å²) in [4.78, 5) is 4.30. The number of hydrogen-bond acceptors (Lipinski definition) is 5. The number of halogens is 1. The van der Waals surface area contributed by atoms with Crippen molar-refractivity contribution in [2.45, 2.75) is 6.92 Å². The molecule has 2 N–H and O–H groups in total. The molecule has 0 fully saturated rings. The summed E-state index contributed by atoms with van der Waals surface area (Å²) in [5, 5.41) is 13.9. The zero-order valence-corrected chi connectivity index (χ0v) is 11.9. The Labute approximate surface area is 127 Å².